The molecule has 0 saturated heterocycles. The molecular weight excluding hydrogens is 410 g/mol. The van der Waals surface area contributed by atoms with Crippen molar-refractivity contribution in [2.45, 2.75) is 17.9 Å². The molecule has 8 heteroatoms. The number of amides is 1. The van der Waals surface area contributed by atoms with Gasteiger partial charge in [0.2, 0.25) is 5.91 Å². The molecule has 1 N–H and O–H groups in total. The van der Waals surface area contributed by atoms with E-state index in [-0.39, 0.29) is 23.0 Å². The highest BCUT2D eigenvalue weighted by molar-refractivity contribution is 7.92. The maximum Gasteiger partial charge on any atom is 0.261 e. The lowest BCUT2D eigenvalue weighted by Gasteiger charge is -2.17. The van der Waals surface area contributed by atoms with Crippen LogP contribution in [0.4, 0.5) is 14.5 Å². The minimum Gasteiger partial charge on any atom is -0.341 e. The van der Waals surface area contributed by atoms with Gasteiger partial charge in [-0.1, -0.05) is 24.3 Å². The SMILES string of the molecule is CN(Cc1ccc(F)cc1)C(=O)Cc1ccc(NS(=O)(=O)c2ccc(F)cc2)cc1. The van der Waals surface area contributed by atoms with Crippen LogP contribution in [-0.2, 0) is 27.8 Å². The molecule has 0 aliphatic rings. The lowest BCUT2D eigenvalue weighted by Crippen LogP contribution is -2.27. The third kappa shape index (κ3) is 5.64. The summed E-state index contributed by atoms with van der Waals surface area (Å²) in [5, 5.41) is 0. The molecule has 0 aliphatic heterocycles. The van der Waals surface area contributed by atoms with E-state index in [4.69, 9.17) is 0 Å². The van der Waals surface area contributed by atoms with Crippen molar-refractivity contribution in [1.29, 1.82) is 0 Å². The molecule has 30 heavy (non-hydrogen) atoms. The zero-order chi connectivity index (χ0) is 21.7. The van der Waals surface area contributed by atoms with E-state index in [1.165, 1.54) is 24.3 Å². The molecular formula is C22H20F2N2O3S. The molecule has 1 amide bonds. The fraction of sp³-hybridized carbons (Fsp3) is 0.136. The van der Waals surface area contributed by atoms with Crippen molar-refractivity contribution in [3.05, 3.63) is 95.6 Å². The fourth-order valence-corrected chi connectivity index (χ4v) is 3.84. The summed E-state index contributed by atoms with van der Waals surface area (Å²) >= 11 is 0. The lowest BCUT2D eigenvalue weighted by molar-refractivity contribution is -0.129. The number of hydrogen-bond acceptors (Lipinski definition) is 3. The third-order valence-corrected chi connectivity index (χ3v) is 5.84. The van der Waals surface area contributed by atoms with E-state index in [1.807, 2.05) is 0 Å². The van der Waals surface area contributed by atoms with E-state index < -0.39 is 15.8 Å². The fourth-order valence-electron chi connectivity index (χ4n) is 2.78. The van der Waals surface area contributed by atoms with Gasteiger partial charge in [0.1, 0.15) is 11.6 Å². The van der Waals surface area contributed by atoms with E-state index in [9.17, 15) is 22.0 Å². The number of benzene rings is 3. The molecule has 0 bridgehead atoms. The van der Waals surface area contributed by atoms with Crippen molar-refractivity contribution in [3.63, 3.8) is 0 Å². The van der Waals surface area contributed by atoms with Crippen molar-refractivity contribution >= 4 is 21.6 Å². The Labute approximate surface area is 174 Å². The Morgan fingerprint density at radius 3 is 1.90 bits per heavy atom. The highest BCUT2D eigenvalue weighted by Gasteiger charge is 2.15. The van der Waals surface area contributed by atoms with Crippen molar-refractivity contribution < 1.29 is 22.0 Å². The van der Waals surface area contributed by atoms with E-state index in [2.05, 4.69) is 4.72 Å². The topological polar surface area (TPSA) is 66.5 Å². The van der Waals surface area contributed by atoms with Crippen LogP contribution < -0.4 is 4.72 Å². The molecule has 3 rings (SSSR count). The van der Waals surface area contributed by atoms with Crippen LogP contribution in [0.15, 0.2) is 77.7 Å². The van der Waals surface area contributed by atoms with Crippen LogP contribution >= 0.6 is 0 Å². The third-order valence-electron chi connectivity index (χ3n) is 4.44. The minimum atomic E-state index is -3.84. The Kier molecular flexibility index (Phi) is 6.47. The van der Waals surface area contributed by atoms with Gasteiger partial charge in [0.05, 0.1) is 11.3 Å². The van der Waals surface area contributed by atoms with Crippen molar-refractivity contribution in [3.8, 4) is 0 Å². The predicted molar refractivity (Wildman–Crippen MR) is 110 cm³/mol. The molecule has 0 heterocycles. The number of carbonyl (C=O) groups excluding carboxylic acids is 1. The number of anilines is 1. The van der Waals surface area contributed by atoms with Gasteiger partial charge in [-0.2, -0.15) is 0 Å². The summed E-state index contributed by atoms with van der Waals surface area (Å²) in [7, 11) is -2.17. The second-order valence-electron chi connectivity index (χ2n) is 6.81. The molecule has 156 valence electrons. The predicted octanol–water partition coefficient (Wildman–Crippen LogP) is 3.97. The number of nitrogens with one attached hydrogen (secondary N) is 1. The summed E-state index contributed by atoms with van der Waals surface area (Å²) < 4.78 is 53.1. The monoisotopic (exact) mass is 430 g/mol. The Morgan fingerprint density at radius 1 is 0.833 bits per heavy atom. The molecule has 0 saturated carbocycles. The van der Waals surface area contributed by atoms with Gasteiger partial charge < -0.3 is 4.90 Å². The molecule has 3 aromatic rings. The first kappa shape index (κ1) is 21.4. The Bertz CT molecular complexity index is 1110. The van der Waals surface area contributed by atoms with Crippen molar-refractivity contribution in [2.24, 2.45) is 0 Å². The molecule has 0 fully saturated rings. The summed E-state index contributed by atoms with van der Waals surface area (Å²) in [6.45, 7) is 0.356. The number of carbonyl (C=O) groups is 1. The molecule has 0 spiro atoms. The Balaban J connectivity index is 1.60. The first-order chi connectivity index (χ1) is 14.2. The van der Waals surface area contributed by atoms with Gasteiger partial charge in [-0.25, -0.2) is 17.2 Å². The molecule has 5 nitrogen and oxygen atoms in total. The average Bonchev–Trinajstić information content (AvgIpc) is 2.71. The molecule has 3 aromatic carbocycles. The molecule has 0 aromatic heterocycles. The Hall–Kier alpha value is -3.26. The second kappa shape index (κ2) is 9.04. The van der Waals surface area contributed by atoms with Gasteiger partial charge in [-0.05, 0) is 59.7 Å². The summed E-state index contributed by atoms with van der Waals surface area (Å²) in [6, 6.07) is 16.9. The van der Waals surface area contributed by atoms with Crippen LogP contribution in [0.2, 0.25) is 0 Å². The molecule has 0 radical (unpaired) electrons. The van der Waals surface area contributed by atoms with Gasteiger partial charge in [-0.3, -0.25) is 9.52 Å². The van der Waals surface area contributed by atoms with Gasteiger partial charge in [0.15, 0.2) is 0 Å². The smallest absolute Gasteiger partial charge is 0.261 e. The number of sulfonamides is 1. The number of likely N-dealkylation sites (N-methyl/N-ethyl adjacent to an activating group) is 1. The number of halogens is 2. The van der Waals surface area contributed by atoms with Crippen molar-refractivity contribution in [2.75, 3.05) is 11.8 Å². The summed E-state index contributed by atoms with van der Waals surface area (Å²) in [4.78, 5) is 13.9. The average molecular weight is 430 g/mol. The number of hydrogen-bond donors (Lipinski definition) is 1. The van der Waals surface area contributed by atoms with E-state index in [1.54, 1.807) is 48.3 Å². The summed E-state index contributed by atoms with van der Waals surface area (Å²) in [5.74, 6) is -0.978. The van der Waals surface area contributed by atoms with Gasteiger partial charge >= 0.3 is 0 Å². The Morgan fingerprint density at radius 2 is 1.33 bits per heavy atom. The van der Waals surface area contributed by atoms with Crippen LogP contribution in [-0.4, -0.2) is 26.3 Å². The van der Waals surface area contributed by atoms with Crippen molar-refractivity contribution in [1.82, 2.24) is 4.90 Å². The van der Waals surface area contributed by atoms with Crippen LogP contribution in [0.5, 0.6) is 0 Å². The normalized spacial score (nSPS) is 11.2. The van der Waals surface area contributed by atoms with Gasteiger partial charge in [-0.15, -0.1) is 0 Å². The maximum absolute atomic E-state index is 13.0. The number of nitrogens with zero attached hydrogens (tertiary/aromatic N) is 1. The molecule has 0 unspecified atom stereocenters. The summed E-state index contributed by atoms with van der Waals surface area (Å²) in [5.41, 5.74) is 1.86. The zero-order valence-electron chi connectivity index (χ0n) is 16.2. The van der Waals surface area contributed by atoms with E-state index in [0.717, 1.165) is 23.3 Å². The largest absolute Gasteiger partial charge is 0.341 e. The lowest BCUT2D eigenvalue weighted by atomic mass is 10.1. The highest BCUT2D eigenvalue weighted by Crippen LogP contribution is 2.18. The minimum absolute atomic E-state index is 0.0504. The first-order valence-corrected chi connectivity index (χ1v) is 10.6. The van der Waals surface area contributed by atoms with Crippen LogP contribution in [0.3, 0.4) is 0 Å². The quantitative estimate of drug-likeness (QED) is 0.617. The number of rotatable bonds is 7. The second-order valence-corrected chi connectivity index (χ2v) is 8.49. The van der Waals surface area contributed by atoms with E-state index >= 15 is 0 Å². The van der Waals surface area contributed by atoms with Crippen LogP contribution in [0.1, 0.15) is 11.1 Å². The molecule has 0 atom stereocenters. The van der Waals surface area contributed by atoms with E-state index in [0.29, 0.717) is 12.2 Å². The molecule has 0 aliphatic carbocycles. The standard InChI is InChI=1S/C22H20F2N2O3S/c1-26(15-17-2-6-18(23)7-3-17)22(27)14-16-4-10-20(11-5-16)25-30(28,29)21-12-8-19(24)9-13-21/h2-13,25H,14-15H2,1H3. The van der Waals surface area contributed by atoms with Gasteiger partial charge in [0.25, 0.3) is 10.0 Å². The first-order valence-electron chi connectivity index (χ1n) is 9.09. The zero-order valence-corrected chi connectivity index (χ0v) is 17.0. The van der Waals surface area contributed by atoms with Crippen LogP contribution in [0, 0.1) is 11.6 Å². The van der Waals surface area contributed by atoms with Crippen LogP contribution in [0.25, 0.3) is 0 Å². The summed E-state index contributed by atoms with van der Waals surface area (Å²) in [6.07, 6.45) is 0.142. The highest BCUT2D eigenvalue weighted by atomic mass is 32.2. The van der Waals surface area contributed by atoms with Gasteiger partial charge in [0, 0.05) is 19.3 Å². The maximum atomic E-state index is 13.0.